The number of hydrogen-bond acceptors (Lipinski definition) is 2. The first-order valence-electron chi connectivity index (χ1n) is 4.25. The molecule has 0 amide bonds. The standard InChI is InChI=1S/C10H13NS/c1-7-5-8(2)10-9(6-7)12-4-3-11-10/h5-6,11H,3-4H2,1-2H3. The molecule has 1 N–H and O–H groups in total. The van der Waals surface area contributed by atoms with E-state index in [9.17, 15) is 0 Å². The smallest absolute Gasteiger partial charge is 0.0508 e. The minimum atomic E-state index is 1.10. The lowest BCUT2D eigenvalue weighted by Crippen LogP contribution is -2.11. The molecule has 1 aliphatic rings. The number of benzene rings is 1. The second kappa shape index (κ2) is 3.02. The average molecular weight is 179 g/mol. The molecule has 0 radical (unpaired) electrons. The zero-order chi connectivity index (χ0) is 8.55. The Kier molecular flexibility index (Phi) is 2.01. The number of anilines is 1. The number of thioether (sulfide) groups is 1. The van der Waals surface area contributed by atoms with E-state index in [4.69, 9.17) is 0 Å². The molecular formula is C10H13NS. The molecule has 64 valence electrons. The first-order chi connectivity index (χ1) is 5.77. The molecular weight excluding hydrogens is 166 g/mol. The summed E-state index contributed by atoms with van der Waals surface area (Å²) in [7, 11) is 0. The van der Waals surface area contributed by atoms with Gasteiger partial charge in [0.1, 0.15) is 0 Å². The highest BCUT2D eigenvalue weighted by atomic mass is 32.2. The van der Waals surface area contributed by atoms with Crippen molar-refractivity contribution in [3.8, 4) is 0 Å². The van der Waals surface area contributed by atoms with Crippen LogP contribution in [0.4, 0.5) is 5.69 Å². The maximum atomic E-state index is 3.44. The maximum Gasteiger partial charge on any atom is 0.0508 e. The molecule has 1 aliphatic heterocycles. The van der Waals surface area contributed by atoms with Crippen molar-refractivity contribution in [2.75, 3.05) is 17.6 Å². The van der Waals surface area contributed by atoms with Gasteiger partial charge in [0, 0.05) is 17.2 Å². The Morgan fingerprint density at radius 2 is 2.17 bits per heavy atom. The SMILES string of the molecule is Cc1cc(C)c2c(c1)SCCN2. The third-order valence-corrected chi connectivity index (χ3v) is 3.15. The Morgan fingerprint density at radius 1 is 1.33 bits per heavy atom. The highest BCUT2D eigenvalue weighted by Gasteiger charge is 2.10. The molecule has 0 unspecified atom stereocenters. The average Bonchev–Trinajstić information content (AvgIpc) is 2.04. The molecule has 0 aromatic heterocycles. The van der Waals surface area contributed by atoms with E-state index in [-0.39, 0.29) is 0 Å². The summed E-state index contributed by atoms with van der Waals surface area (Å²) in [5.41, 5.74) is 4.08. The van der Waals surface area contributed by atoms with Crippen molar-refractivity contribution in [3.63, 3.8) is 0 Å². The summed E-state index contributed by atoms with van der Waals surface area (Å²) in [4.78, 5) is 1.42. The van der Waals surface area contributed by atoms with Gasteiger partial charge in [-0.05, 0) is 31.0 Å². The first kappa shape index (κ1) is 7.99. The summed E-state index contributed by atoms with van der Waals surface area (Å²) in [5.74, 6) is 1.19. The molecule has 0 saturated carbocycles. The number of rotatable bonds is 0. The van der Waals surface area contributed by atoms with Gasteiger partial charge in [-0.3, -0.25) is 0 Å². The third kappa shape index (κ3) is 1.31. The minimum Gasteiger partial charge on any atom is -0.383 e. The summed E-state index contributed by atoms with van der Waals surface area (Å²) in [6.45, 7) is 5.43. The second-order valence-corrected chi connectivity index (χ2v) is 4.37. The Bertz CT molecular complexity index is 307. The third-order valence-electron chi connectivity index (χ3n) is 2.11. The van der Waals surface area contributed by atoms with Crippen LogP contribution in [0, 0.1) is 13.8 Å². The zero-order valence-electron chi connectivity index (χ0n) is 7.48. The summed E-state index contributed by atoms with van der Waals surface area (Å²) >= 11 is 1.95. The van der Waals surface area contributed by atoms with Crippen LogP contribution in [0.3, 0.4) is 0 Å². The van der Waals surface area contributed by atoms with E-state index in [2.05, 4.69) is 31.3 Å². The van der Waals surface area contributed by atoms with E-state index in [1.807, 2.05) is 11.8 Å². The molecule has 12 heavy (non-hydrogen) atoms. The lowest BCUT2D eigenvalue weighted by Gasteiger charge is -2.20. The summed E-state index contributed by atoms with van der Waals surface area (Å²) in [5, 5.41) is 3.44. The Labute approximate surface area is 77.6 Å². The van der Waals surface area contributed by atoms with Crippen LogP contribution in [0.2, 0.25) is 0 Å². The molecule has 2 rings (SSSR count). The molecule has 0 bridgehead atoms. The summed E-state index contributed by atoms with van der Waals surface area (Å²) in [6, 6.07) is 4.50. The lowest BCUT2D eigenvalue weighted by molar-refractivity contribution is 1.14. The molecule has 0 saturated heterocycles. The van der Waals surface area contributed by atoms with Gasteiger partial charge in [-0.1, -0.05) is 6.07 Å². The van der Waals surface area contributed by atoms with Gasteiger partial charge >= 0.3 is 0 Å². The van der Waals surface area contributed by atoms with Crippen molar-refractivity contribution >= 4 is 17.4 Å². The molecule has 1 aromatic carbocycles. The van der Waals surface area contributed by atoms with Gasteiger partial charge in [-0.15, -0.1) is 11.8 Å². The fraction of sp³-hybridized carbons (Fsp3) is 0.400. The minimum absolute atomic E-state index is 1.10. The van der Waals surface area contributed by atoms with Crippen molar-refractivity contribution in [2.45, 2.75) is 18.7 Å². The molecule has 0 fully saturated rings. The second-order valence-electron chi connectivity index (χ2n) is 3.23. The predicted molar refractivity (Wildman–Crippen MR) is 55.1 cm³/mol. The number of nitrogens with one attached hydrogen (secondary N) is 1. The van der Waals surface area contributed by atoms with Crippen molar-refractivity contribution in [3.05, 3.63) is 23.3 Å². The van der Waals surface area contributed by atoms with Crippen molar-refractivity contribution < 1.29 is 0 Å². The van der Waals surface area contributed by atoms with Crippen LogP contribution in [-0.2, 0) is 0 Å². The lowest BCUT2D eigenvalue weighted by atomic mass is 10.1. The Morgan fingerprint density at radius 3 is 3.00 bits per heavy atom. The Hall–Kier alpha value is -0.630. The molecule has 0 atom stereocenters. The fourth-order valence-electron chi connectivity index (χ4n) is 1.61. The highest BCUT2D eigenvalue weighted by Crippen LogP contribution is 2.34. The van der Waals surface area contributed by atoms with E-state index in [0.717, 1.165) is 6.54 Å². The van der Waals surface area contributed by atoms with E-state index < -0.39 is 0 Å². The van der Waals surface area contributed by atoms with E-state index in [1.165, 1.54) is 27.5 Å². The van der Waals surface area contributed by atoms with E-state index in [0.29, 0.717) is 0 Å². The molecule has 0 aliphatic carbocycles. The molecule has 0 spiro atoms. The van der Waals surface area contributed by atoms with Crippen LogP contribution in [0.15, 0.2) is 17.0 Å². The van der Waals surface area contributed by atoms with Gasteiger partial charge in [0.2, 0.25) is 0 Å². The zero-order valence-corrected chi connectivity index (χ0v) is 8.29. The normalized spacial score (nSPS) is 15.2. The van der Waals surface area contributed by atoms with Crippen LogP contribution in [0.25, 0.3) is 0 Å². The largest absolute Gasteiger partial charge is 0.383 e. The summed E-state index contributed by atoms with van der Waals surface area (Å²) < 4.78 is 0. The summed E-state index contributed by atoms with van der Waals surface area (Å²) in [6.07, 6.45) is 0. The van der Waals surface area contributed by atoms with Gasteiger partial charge in [0.15, 0.2) is 0 Å². The molecule has 1 nitrogen and oxygen atoms in total. The maximum absolute atomic E-state index is 3.44. The monoisotopic (exact) mass is 179 g/mol. The molecule has 1 heterocycles. The predicted octanol–water partition coefficient (Wildman–Crippen LogP) is 2.82. The van der Waals surface area contributed by atoms with Crippen LogP contribution in [0.5, 0.6) is 0 Å². The van der Waals surface area contributed by atoms with Gasteiger partial charge in [0.05, 0.1) is 5.69 Å². The van der Waals surface area contributed by atoms with Gasteiger partial charge in [-0.2, -0.15) is 0 Å². The van der Waals surface area contributed by atoms with Crippen LogP contribution in [-0.4, -0.2) is 12.3 Å². The highest BCUT2D eigenvalue weighted by molar-refractivity contribution is 7.99. The molecule has 2 heteroatoms. The fourth-order valence-corrected chi connectivity index (χ4v) is 2.68. The van der Waals surface area contributed by atoms with Crippen LogP contribution in [0.1, 0.15) is 11.1 Å². The molecule has 1 aromatic rings. The topological polar surface area (TPSA) is 12.0 Å². The van der Waals surface area contributed by atoms with Crippen LogP contribution < -0.4 is 5.32 Å². The van der Waals surface area contributed by atoms with Gasteiger partial charge < -0.3 is 5.32 Å². The number of fused-ring (bicyclic) bond motifs is 1. The van der Waals surface area contributed by atoms with Gasteiger partial charge in [-0.25, -0.2) is 0 Å². The quantitative estimate of drug-likeness (QED) is 0.657. The first-order valence-corrected chi connectivity index (χ1v) is 5.24. The van der Waals surface area contributed by atoms with Crippen molar-refractivity contribution in [1.29, 1.82) is 0 Å². The van der Waals surface area contributed by atoms with Crippen molar-refractivity contribution in [2.24, 2.45) is 0 Å². The number of hydrogen-bond donors (Lipinski definition) is 1. The van der Waals surface area contributed by atoms with E-state index >= 15 is 0 Å². The Balaban J connectivity index is 2.53. The van der Waals surface area contributed by atoms with Crippen molar-refractivity contribution in [1.82, 2.24) is 0 Å². The number of aryl methyl sites for hydroxylation is 2. The van der Waals surface area contributed by atoms with E-state index in [1.54, 1.807) is 0 Å². The van der Waals surface area contributed by atoms with Crippen LogP contribution >= 0.6 is 11.8 Å². The van der Waals surface area contributed by atoms with Gasteiger partial charge in [0.25, 0.3) is 0 Å².